The van der Waals surface area contributed by atoms with Crippen LogP contribution in [0.2, 0.25) is 0 Å². The molecule has 8 heteroatoms. The van der Waals surface area contributed by atoms with Gasteiger partial charge in [-0.25, -0.2) is 9.59 Å². The quantitative estimate of drug-likeness (QED) is 0.673. The molecule has 0 aromatic carbocycles. The summed E-state index contributed by atoms with van der Waals surface area (Å²) in [5.41, 5.74) is -2.29. The first-order chi connectivity index (χ1) is 8.64. The molecule has 1 fully saturated rings. The lowest BCUT2D eigenvalue weighted by Crippen LogP contribution is -2.53. The summed E-state index contributed by atoms with van der Waals surface area (Å²) in [5, 5.41) is 18.3. The minimum atomic E-state index is -2.29. The Morgan fingerprint density at radius 1 is 1.26 bits per heavy atom. The van der Waals surface area contributed by atoms with Crippen molar-refractivity contribution in [2.45, 2.75) is 44.7 Å². The highest BCUT2D eigenvalue weighted by atomic mass is 16.8. The first kappa shape index (κ1) is 15.4. The molecule has 2 atom stereocenters. The van der Waals surface area contributed by atoms with Crippen molar-refractivity contribution in [3.63, 3.8) is 0 Å². The van der Waals surface area contributed by atoms with Gasteiger partial charge >= 0.3 is 17.9 Å². The van der Waals surface area contributed by atoms with Crippen LogP contribution in [0.4, 0.5) is 0 Å². The molecule has 8 nitrogen and oxygen atoms in total. The summed E-state index contributed by atoms with van der Waals surface area (Å²) in [4.78, 5) is 34.0. The van der Waals surface area contributed by atoms with Gasteiger partial charge in [-0.1, -0.05) is 0 Å². The van der Waals surface area contributed by atoms with Crippen LogP contribution in [0.1, 0.15) is 27.2 Å². The van der Waals surface area contributed by atoms with Crippen LogP contribution >= 0.6 is 0 Å². The van der Waals surface area contributed by atoms with Gasteiger partial charge in [0.1, 0.15) is 0 Å². The average molecular weight is 276 g/mol. The number of carbonyl (C=O) groups excluding carboxylic acids is 1. The van der Waals surface area contributed by atoms with Crippen molar-refractivity contribution in [2.75, 3.05) is 6.61 Å². The minimum absolute atomic E-state index is 0.0521. The maximum atomic E-state index is 11.5. The van der Waals surface area contributed by atoms with Crippen LogP contribution in [0, 0.1) is 0 Å². The maximum Gasteiger partial charge on any atom is 0.340 e. The second-order valence-corrected chi connectivity index (χ2v) is 4.51. The zero-order valence-corrected chi connectivity index (χ0v) is 10.8. The van der Waals surface area contributed by atoms with E-state index in [0.29, 0.717) is 0 Å². The number of hydrogen-bond acceptors (Lipinski definition) is 6. The van der Waals surface area contributed by atoms with Crippen molar-refractivity contribution in [3.05, 3.63) is 0 Å². The summed E-state index contributed by atoms with van der Waals surface area (Å²) in [6.07, 6.45) is -2.53. The summed E-state index contributed by atoms with van der Waals surface area (Å²) in [6, 6.07) is 0. The van der Waals surface area contributed by atoms with Gasteiger partial charge in [0.25, 0.3) is 0 Å². The second-order valence-electron chi connectivity index (χ2n) is 4.51. The molecule has 1 aliphatic heterocycles. The van der Waals surface area contributed by atoms with Crippen LogP contribution in [0.3, 0.4) is 0 Å². The van der Waals surface area contributed by atoms with E-state index >= 15 is 0 Å². The summed E-state index contributed by atoms with van der Waals surface area (Å²) in [6.45, 7) is 4.35. The van der Waals surface area contributed by atoms with Crippen molar-refractivity contribution in [1.82, 2.24) is 0 Å². The van der Waals surface area contributed by atoms with Gasteiger partial charge in [-0.05, 0) is 20.8 Å². The number of hydrogen-bond donors (Lipinski definition) is 2. The van der Waals surface area contributed by atoms with E-state index in [4.69, 9.17) is 14.6 Å². The Morgan fingerprint density at radius 3 is 2.26 bits per heavy atom. The van der Waals surface area contributed by atoms with Crippen LogP contribution in [0.15, 0.2) is 0 Å². The first-order valence-electron chi connectivity index (χ1n) is 5.64. The van der Waals surface area contributed by atoms with Crippen molar-refractivity contribution in [1.29, 1.82) is 0 Å². The molecule has 0 saturated carbocycles. The Labute approximate surface area is 109 Å². The predicted octanol–water partition coefficient (Wildman–Crippen LogP) is -0.000900. The molecule has 0 unspecified atom stereocenters. The molecule has 2 N–H and O–H groups in total. The third-order valence-corrected chi connectivity index (χ3v) is 2.55. The second kappa shape index (κ2) is 5.14. The number of carbonyl (C=O) groups is 3. The molecule has 0 aromatic rings. The topological polar surface area (TPSA) is 119 Å². The third-order valence-electron chi connectivity index (χ3n) is 2.55. The number of ether oxygens (including phenoxy) is 3. The lowest BCUT2D eigenvalue weighted by molar-refractivity contribution is -0.190. The lowest BCUT2D eigenvalue weighted by Gasteiger charge is -2.25. The zero-order valence-electron chi connectivity index (χ0n) is 10.8. The fourth-order valence-corrected chi connectivity index (χ4v) is 1.93. The van der Waals surface area contributed by atoms with E-state index in [1.165, 1.54) is 13.8 Å². The van der Waals surface area contributed by atoms with Crippen LogP contribution in [-0.2, 0) is 28.6 Å². The van der Waals surface area contributed by atoms with Crippen molar-refractivity contribution in [2.24, 2.45) is 0 Å². The average Bonchev–Trinajstić information content (AvgIpc) is 2.51. The van der Waals surface area contributed by atoms with Crippen LogP contribution in [-0.4, -0.2) is 52.2 Å². The smallest absolute Gasteiger partial charge is 0.340 e. The van der Waals surface area contributed by atoms with E-state index in [1.54, 1.807) is 6.92 Å². The van der Waals surface area contributed by atoms with E-state index in [-0.39, 0.29) is 6.61 Å². The van der Waals surface area contributed by atoms with Gasteiger partial charge in [-0.3, -0.25) is 4.79 Å². The van der Waals surface area contributed by atoms with Crippen LogP contribution < -0.4 is 0 Å². The maximum absolute atomic E-state index is 11.5. The van der Waals surface area contributed by atoms with Gasteiger partial charge in [-0.15, -0.1) is 0 Å². The summed E-state index contributed by atoms with van der Waals surface area (Å²) in [5.74, 6) is -5.39. The van der Waals surface area contributed by atoms with E-state index in [9.17, 15) is 19.5 Å². The Hall–Kier alpha value is -1.67. The molecule has 0 aromatic heterocycles. The Bertz CT molecular complexity index is 401. The number of aliphatic carboxylic acids is 2. The molecular weight excluding hydrogens is 260 g/mol. The largest absolute Gasteiger partial charge is 0.479 e. The Balaban J connectivity index is 3.12. The highest BCUT2D eigenvalue weighted by molar-refractivity contribution is 5.92. The highest BCUT2D eigenvalue weighted by Gasteiger charge is 2.63. The summed E-state index contributed by atoms with van der Waals surface area (Å²) >= 11 is 0. The fraction of sp³-hybridized carbons (Fsp3) is 0.727. The van der Waals surface area contributed by atoms with Crippen LogP contribution in [0.25, 0.3) is 0 Å². The molecule has 0 spiro atoms. The third kappa shape index (κ3) is 3.02. The van der Waals surface area contributed by atoms with E-state index in [0.717, 1.165) is 0 Å². The predicted molar refractivity (Wildman–Crippen MR) is 59.3 cm³/mol. The highest BCUT2D eigenvalue weighted by Crippen LogP contribution is 2.39. The molecule has 1 saturated heterocycles. The SMILES string of the molecule is CCOC(=O)C[C@@]1(C(=O)O)OC(C)(C)O[C@@H]1C(=O)O. The molecule has 0 amide bonds. The number of esters is 1. The molecule has 1 aliphatic rings. The van der Waals surface area contributed by atoms with Gasteiger partial charge < -0.3 is 24.4 Å². The lowest BCUT2D eigenvalue weighted by atomic mass is 9.93. The van der Waals surface area contributed by atoms with Crippen molar-refractivity contribution < 1.29 is 38.8 Å². The van der Waals surface area contributed by atoms with E-state index < -0.39 is 41.8 Å². The molecule has 0 aliphatic carbocycles. The summed E-state index contributed by atoms with van der Waals surface area (Å²) in [7, 11) is 0. The summed E-state index contributed by atoms with van der Waals surface area (Å²) < 4.78 is 14.9. The minimum Gasteiger partial charge on any atom is -0.479 e. The molecule has 1 rings (SSSR count). The Morgan fingerprint density at radius 2 is 1.84 bits per heavy atom. The van der Waals surface area contributed by atoms with Gasteiger partial charge in [0.05, 0.1) is 13.0 Å². The van der Waals surface area contributed by atoms with Gasteiger partial charge in [0.2, 0.25) is 5.60 Å². The molecule has 1 heterocycles. The molecular formula is C11H16O8. The van der Waals surface area contributed by atoms with E-state index in [2.05, 4.69) is 4.74 Å². The standard InChI is InChI=1S/C11H16O8/c1-4-17-6(12)5-11(9(15)16)7(8(13)14)18-10(2,3)19-11/h7H,4-5H2,1-3H3,(H,13,14)(H,15,16)/t7-,11-/m1/s1. The molecule has 108 valence electrons. The first-order valence-corrected chi connectivity index (χ1v) is 5.64. The number of carboxylic acids is 2. The normalized spacial score (nSPS) is 28.9. The monoisotopic (exact) mass is 276 g/mol. The Kier molecular flexibility index (Phi) is 4.16. The number of carboxylic acid groups (broad SMARTS) is 2. The van der Waals surface area contributed by atoms with Crippen molar-refractivity contribution >= 4 is 17.9 Å². The zero-order chi connectivity index (χ0) is 14.8. The van der Waals surface area contributed by atoms with E-state index in [1.807, 2.05) is 0 Å². The fourth-order valence-electron chi connectivity index (χ4n) is 1.93. The van der Waals surface area contributed by atoms with Crippen LogP contribution in [0.5, 0.6) is 0 Å². The van der Waals surface area contributed by atoms with Crippen molar-refractivity contribution in [3.8, 4) is 0 Å². The molecule has 0 bridgehead atoms. The molecule has 19 heavy (non-hydrogen) atoms. The van der Waals surface area contributed by atoms with Gasteiger partial charge in [-0.2, -0.15) is 0 Å². The van der Waals surface area contributed by atoms with Gasteiger partial charge in [0, 0.05) is 0 Å². The van der Waals surface area contributed by atoms with Gasteiger partial charge in [0.15, 0.2) is 11.9 Å². The molecule has 0 radical (unpaired) electrons. The number of rotatable bonds is 5.